The van der Waals surface area contributed by atoms with Gasteiger partial charge in [-0.15, -0.1) is 0 Å². The van der Waals surface area contributed by atoms with Gasteiger partial charge in [0.1, 0.15) is 5.58 Å². The van der Waals surface area contributed by atoms with Crippen LogP contribution in [0, 0.1) is 11.3 Å². The first-order valence-corrected chi connectivity index (χ1v) is 6.97. The van der Waals surface area contributed by atoms with E-state index in [2.05, 4.69) is 11.4 Å². The van der Waals surface area contributed by atoms with Gasteiger partial charge in [0.15, 0.2) is 5.76 Å². The molecule has 1 aromatic heterocycles. The maximum atomic E-state index is 12.3. The monoisotopic (exact) mass is 290 g/mol. The first-order valence-electron chi connectivity index (χ1n) is 6.97. The summed E-state index contributed by atoms with van der Waals surface area (Å²) in [5.74, 6) is 0.0368. The van der Waals surface area contributed by atoms with Gasteiger partial charge in [-0.3, -0.25) is 4.79 Å². The zero-order valence-electron chi connectivity index (χ0n) is 12.0. The number of hydrogen-bond acceptors (Lipinski definition) is 3. The fraction of sp³-hybridized carbons (Fsp3) is 0.111. The van der Waals surface area contributed by atoms with Gasteiger partial charge in [-0.05, 0) is 36.8 Å². The third kappa shape index (κ3) is 2.70. The minimum atomic E-state index is -0.256. The number of para-hydroxylation sites is 1. The summed E-state index contributed by atoms with van der Waals surface area (Å²) in [5, 5.41) is 12.6. The molecule has 1 amide bonds. The molecule has 0 saturated carbocycles. The number of carbonyl (C=O) groups is 1. The molecule has 0 saturated heterocycles. The second kappa shape index (κ2) is 5.74. The van der Waals surface area contributed by atoms with Crippen LogP contribution in [0.25, 0.3) is 11.0 Å². The van der Waals surface area contributed by atoms with Gasteiger partial charge in [0.25, 0.3) is 5.91 Å². The van der Waals surface area contributed by atoms with E-state index in [4.69, 9.17) is 9.68 Å². The summed E-state index contributed by atoms with van der Waals surface area (Å²) >= 11 is 0. The van der Waals surface area contributed by atoms with Crippen LogP contribution in [-0.2, 0) is 0 Å². The summed E-state index contributed by atoms with van der Waals surface area (Å²) < 4.78 is 5.55. The highest BCUT2D eigenvalue weighted by Crippen LogP contribution is 2.20. The number of hydrogen-bond donors (Lipinski definition) is 1. The number of benzene rings is 2. The SMILES string of the molecule is CC(NC(=O)c1cc2ccccc2o1)c1ccc(C#N)cc1. The van der Waals surface area contributed by atoms with Crippen molar-refractivity contribution in [2.45, 2.75) is 13.0 Å². The molecule has 2 aromatic carbocycles. The highest BCUT2D eigenvalue weighted by atomic mass is 16.3. The number of fused-ring (bicyclic) bond motifs is 1. The van der Waals surface area contributed by atoms with Crippen molar-refractivity contribution in [2.24, 2.45) is 0 Å². The third-order valence-electron chi connectivity index (χ3n) is 3.54. The molecule has 0 aliphatic rings. The van der Waals surface area contributed by atoms with Crippen LogP contribution in [0.3, 0.4) is 0 Å². The van der Waals surface area contributed by atoms with Crippen LogP contribution in [0.4, 0.5) is 0 Å². The van der Waals surface area contributed by atoms with Crippen LogP contribution in [0.2, 0.25) is 0 Å². The highest BCUT2D eigenvalue weighted by molar-refractivity contribution is 5.96. The van der Waals surface area contributed by atoms with Gasteiger partial charge in [0.2, 0.25) is 0 Å². The predicted molar refractivity (Wildman–Crippen MR) is 83.3 cm³/mol. The van der Waals surface area contributed by atoms with Crippen molar-refractivity contribution in [1.82, 2.24) is 5.32 Å². The largest absolute Gasteiger partial charge is 0.451 e. The Morgan fingerprint density at radius 1 is 1.18 bits per heavy atom. The second-order valence-corrected chi connectivity index (χ2v) is 5.08. The molecule has 3 rings (SSSR count). The molecule has 0 aliphatic heterocycles. The van der Waals surface area contributed by atoms with Crippen molar-refractivity contribution in [3.8, 4) is 6.07 Å². The number of rotatable bonds is 3. The van der Waals surface area contributed by atoms with E-state index in [-0.39, 0.29) is 11.9 Å². The van der Waals surface area contributed by atoms with Crippen LogP contribution in [-0.4, -0.2) is 5.91 Å². The topological polar surface area (TPSA) is 66.0 Å². The van der Waals surface area contributed by atoms with Gasteiger partial charge in [0.05, 0.1) is 17.7 Å². The number of nitriles is 1. The van der Waals surface area contributed by atoms with Crippen LogP contribution >= 0.6 is 0 Å². The molecule has 0 radical (unpaired) electrons. The fourth-order valence-corrected chi connectivity index (χ4v) is 2.29. The molecule has 4 nitrogen and oxygen atoms in total. The zero-order chi connectivity index (χ0) is 15.5. The minimum absolute atomic E-state index is 0.173. The summed E-state index contributed by atoms with van der Waals surface area (Å²) in [7, 11) is 0. The van der Waals surface area contributed by atoms with Crippen molar-refractivity contribution in [3.05, 3.63) is 71.5 Å². The lowest BCUT2D eigenvalue weighted by Crippen LogP contribution is -2.26. The van der Waals surface area contributed by atoms with E-state index >= 15 is 0 Å². The van der Waals surface area contributed by atoms with Crippen LogP contribution in [0.15, 0.2) is 59.0 Å². The first kappa shape index (κ1) is 13.9. The maximum absolute atomic E-state index is 12.3. The molecule has 0 spiro atoms. The Hall–Kier alpha value is -3.06. The van der Waals surface area contributed by atoms with Crippen LogP contribution < -0.4 is 5.32 Å². The molecule has 4 heteroatoms. The Balaban J connectivity index is 1.76. The predicted octanol–water partition coefficient (Wildman–Crippen LogP) is 3.80. The van der Waals surface area contributed by atoms with Crippen molar-refractivity contribution < 1.29 is 9.21 Å². The number of nitrogens with one attached hydrogen (secondary N) is 1. The Morgan fingerprint density at radius 3 is 2.59 bits per heavy atom. The van der Waals surface area contributed by atoms with E-state index in [0.29, 0.717) is 16.9 Å². The lowest BCUT2D eigenvalue weighted by atomic mass is 10.1. The first-order chi connectivity index (χ1) is 10.7. The van der Waals surface area contributed by atoms with Crippen LogP contribution in [0.5, 0.6) is 0 Å². The average molecular weight is 290 g/mol. The number of carbonyl (C=O) groups excluding carboxylic acids is 1. The fourth-order valence-electron chi connectivity index (χ4n) is 2.29. The Labute approximate surface area is 128 Å². The molecule has 108 valence electrons. The highest BCUT2D eigenvalue weighted by Gasteiger charge is 2.15. The molecule has 1 unspecified atom stereocenters. The number of amides is 1. The third-order valence-corrected chi connectivity index (χ3v) is 3.54. The average Bonchev–Trinajstić information content (AvgIpc) is 2.99. The summed E-state index contributed by atoms with van der Waals surface area (Å²) in [5.41, 5.74) is 2.22. The Morgan fingerprint density at radius 2 is 1.91 bits per heavy atom. The van der Waals surface area contributed by atoms with E-state index in [1.807, 2.05) is 43.3 Å². The molecule has 1 atom stereocenters. The van der Waals surface area contributed by atoms with E-state index in [1.54, 1.807) is 18.2 Å². The molecule has 0 aliphatic carbocycles. The quantitative estimate of drug-likeness (QED) is 0.798. The molecule has 1 N–H and O–H groups in total. The number of nitrogens with zero attached hydrogens (tertiary/aromatic N) is 1. The normalized spacial score (nSPS) is 11.8. The van der Waals surface area contributed by atoms with E-state index in [9.17, 15) is 4.79 Å². The molecular formula is C18H14N2O2. The van der Waals surface area contributed by atoms with Crippen molar-refractivity contribution >= 4 is 16.9 Å². The van der Waals surface area contributed by atoms with Gasteiger partial charge in [-0.1, -0.05) is 30.3 Å². The van der Waals surface area contributed by atoms with Gasteiger partial charge in [-0.2, -0.15) is 5.26 Å². The summed E-state index contributed by atoms with van der Waals surface area (Å²) in [4.78, 5) is 12.3. The summed E-state index contributed by atoms with van der Waals surface area (Å²) in [6.45, 7) is 1.89. The van der Waals surface area contributed by atoms with Crippen molar-refractivity contribution in [2.75, 3.05) is 0 Å². The van der Waals surface area contributed by atoms with Gasteiger partial charge < -0.3 is 9.73 Å². The Bertz CT molecular complexity index is 824. The van der Waals surface area contributed by atoms with Gasteiger partial charge >= 0.3 is 0 Å². The molecular weight excluding hydrogens is 276 g/mol. The van der Waals surface area contributed by atoms with Crippen molar-refractivity contribution in [3.63, 3.8) is 0 Å². The van der Waals surface area contributed by atoms with E-state index < -0.39 is 0 Å². The van der Waals surface area contributed by atoms with Gasteiger partial charge in [-0.25, -0.2) is 0 Å². The summed E-state index contributed by atoms with van der Waals surface area (Å²) in [6, 6.07) is 18.3. The second-order valence-electron chi connectivity index (χ2n) is 5.08. The van der Waals surface area contributed by atoms with Gasteiger partial charge in [0, 0.05) is 5.39 Å². The molecule has 0 bridgehead atoms. The molecule has 22 heavy (non-hydrogen) atoms. The van der Waals surface area contributed by atoms with Crippen LogP contribution in [0.1, 0.15) is 34.6 Å². The molecule has 1 heterocycles. The number of furan rings is 1. The maximum Gasteiger partial charge on any atom is 0.287 e. The lowest BCUT2D eigenvalue weighted by molar-refractivity contribution is 0.0914. The minimum Gasteiger partial charge on any atom is -0.451 e. The van der Waals surface area contributed by atoms with Crippen molar-refractivity contribution in [1.29, 1.82) is 5.26 Å². The standard InChI is InChI=1S/C18H14N2O2/c1-12(14-8-6-13(11-19)7-9-14)20-18(21)17-10-15-4-2-3-5-16(15)22-17/h2-10,12H,1H3,(H,20,21). The lowest BCUT2D eigenvalue weighted by Gasteiger charge is -2.13. The Kier molecular flexibility index (Phi) is 3.63. The molecule has 3 aromatic rings. The van der Waals surface area contributed by atoms with E-state index in [0.717, 1.165) is 10.9 Å². The summed E-state index contributed by atoms with van der Waals surface area (Å²) in [6.07, 6.45) is 0. The smallest absolute Gasteiger partial charge is 0.287 e. The van der Waals surface area contributed by atoms with E-state index in [1.165, 1.54) is 0 Å². The molecule has 0 fully saturated rings. The zero-order valence-corrected chi connectivity index (χ0v) is 12.0.